The second-order valence-electron chi connectivity index (χ2n) is 3.70. The van der Waals surface area contributed by atoms with Crippen molar-refractivity contribution in [3.63, 3.8) is 0 Å². The summed E-state index contributed by atoms with van der Waals surface area (Å²) in [5, 5.41) is 13.8. The van der Waals surface area contributed by atoms with Crippen LogP contribution in [0, 0.1) is 13.8 Å². The Kier molecular flexibility index (Phi) is 3.90. The summed E-state index contributed by atoms with van der Waals surface area (Å²) in [5.41, 5.74) is 3.34. The van der Waals surface area contributed by atoms with Crippen LogP contribution in [0.5, 0.6) is 0 Å². The van der Waals surface area contributed by atoms with Gasteiger partial charge in [-0.1, -0.05) is 0 Å². The summed E-state index contributed by atoms with van der Waals surface area (Å²) >= 11 is 0. The van der Waals surface area contributed by atoms with Crippen molar-refractivity contribution >= 4 is 15.9 Å². The average molecular weight is 244 g/mol. The molecule has 6 heteroatoms. The van der Waals surface area contributed by atoms with Gasteiger partial charge in [-0.3, -0.25) is 4.72 Å². The molecular weight excluding hydrogens is 228 g/mol. The highest BCUT2D eigenvalue weighted by Gasteiger charge is 2.07. The van der Waals surface area contributed by atoms with Gasteiger partial charge in [0.05, 0.1) is 5.69 Å². The number of aliphatic hydroxyl groups excluding tert-OH is 1. The molecule has 0 amide bonds. The van der Waals surface area contributed by atoms with Crippen molar-refractivity contribution in [2.45, 2.75) is 20.3 Å². The third-order valence-corrected chi connectivity index (χ3v) is 2.94. The van der Waals surface area contributed by atoms with Crippen LogP contribution < -0.4 is 9.86 Å². The lowest BCUT2D eigenvalue weighted by molar-refractivity contribution is 0.299. The van der Waals surface area contributed by atoms with E-state index in [1.54, 1.807) is 12.1 Å². The first-order valence-corrected chi connectivity index (χ1v) is 6.39. The normalized spacial score (nSPS) is 11.5. The van der Waals surface area contributed by atoms with Crippen molar-refractivity contribution in [3.05, 3.63) is 28.8 Å². The van der Waals surface area contributed by atoms with E-state index in [2.05, 4.69) is 4.72 Å². The second-order valence-corrected chi connectivity index (χ2v) is 4.99. The van der Waals surface area contributed by atoms with Gasteiger partial charge in [-0.2, -0.15) is 8.42 Å². The third kappa shape index (κ3) is 3.48. The molecule has 0 radical (unpaired) electrons. The van der Waals surface area contributed by atoms with Crippen LogP contribution in [0.2, 0.25) is 0 Å². The molecule has 0 atom stereocenters. The van der Waals surface area contributed by atoms with E-state index < -0.39 is 10.2 Å². The first kappa shape index (κ1) is 13.0. The minimum atomic E-state index is -3.75. The Balaban J connectivity index is 3.13. The van der Waals surface area contributed by atoms with Crippen LogP contribution in [-0.2, 0) is 16.6 Å². The maximum atomic E-state index is 10.9. The lowest BCUT2D eigenvalue weighted by Gasteiger charge is -2.11. The van der Waals surface area contributed by atoms with Gasteiger partial charge in [0.1, 0.15) is 0 Å². The quantitative estimate of drug-likeness (QED) is 0.718. The summed E-state index contributed by atoms with van der Waals surface area (Å²) < 4.78 is 24.0. The van der Waals surface area contributed by atoms with Crippen molar-refractivity contribution < 1.29 is 13.5 Å². The Bertz CT molecular complexity index is 483. The van der Waals surface area contributed by atoms with Gasteiger partial charge in [-0.05, 0) is 49.1 Å². The molecule has 0 aliphatic carbocycles. The highest BCUT2D eigenvalue weighted by Crippen LogP contribution is 2.20. The predicted octanol–water partition coefficient (Wildman–Crippen LogP) is 0.454. The molecule has 0 bridgehead atoms. The molecule has 0 saturated carbocycles. The molecule has 5 nitrogen and oxygen atoms in total. The van der Waals surface area contributed by atoms with Crippen LogP contribution in [0.15, 0.2) is 12.1 Å². The van der Waals surface area contributed by atoms with Gasteiger partial charge in [-0.25, -0.2) is 5.14 Å². The van der Waals surface area contributed by atoms with Crippen molar-refractivity contribution in [3.8, 4) is 0 Å². The van der Waals surface area contributed by atoms with Crippen molar-refractivity contribution in [2.24, 2.45) is 5.14 Å². The Morgan fingerprint density at radius 3 is 2.50 bits per heavy atom. The molecule has 90 valence electrons. The molecule has 0 heterocycles. The number of benzene rings is 1. The highest BCUT2D eigenvalue weighted by atomic mass is 32.2. The van der Waals surface area contributed by atoms with Crippen molar-refractivity contribution in [1.29, 1.82) is 0 Å². The number of hydrogen-bond donors (Lipinski definition) is 3. The molecule has 4 N–H and O–H groups in total. The summed E-state index contributed by atoms with van der Waals surface area (Å²) in [6, 6.07) is 3.39. The first-order chi connectivity index (χ1) is 7.33. The highest BCUT2D eigenvalue weighted by molar-refractivity contribution is 7.90. The van der Waals surface area contributed by atoms with Crippen LogP contribution in [-0.4, -0.2) is 20.1 Å². The zero-order chi connectivity index (χ0) is 12.3. The third-order valence-electron chi connectivity index (χ3n) is 2.42. The maximum absolute atomic E-state index is 10.9. The smallest absolute Gasteiger partial charge is 0.296 e. The van der Waals surface area contributed by atoms with E-state index in [0.717, 1.165) is 16.7 Å². The largest absolute Gasteiger partial charge is 0.396 e. The molecular formula is C10H16N2O3S. The van der Waals surface area contributed by atoms with Crippen LogP contribution >= 0.6 is 0 Å². The Labute approximate surface area is 95.5 Å². The van der Waals surface area contributed by atoms with E-state index in [9.17, 15) is 8.42 Å². The zero-order valence-corrected chi connectivity index (χ0v) is 10.1. The van der Waals surface area contributed by atoms with E-state index in [1.807, 2.05) is 13.8 Å². The standard InChI is InChI=1S/C10H16N2O3S/c1-7-5-10(12-16(11,14)15)6-9(3-4-13)8(7)2/h5-6,12-13H,3-4H2,1-2H3,(H2,11,14,15). The Morgan fingerprint density at radius 2 is 2.00 bits per heavy atom. The van der Waals surface area contributed by atoms with Gasteiger partial charge in [-0.15, -0.1) is 0 Å². The summed E-state index contributed by atoms with van der Waals surface area (Å²) in [7, 11) is -3.75. The fraction of sp³-hybridized carbons (Fsp3) is 0.400. The molecule has 0 aliphatic rings. The van der Waals surface area contributed by atoms with E-state index in [1.165, 1.54) is 0 Å². The minimum Gasteiger partial charge on any atom is -0.396 e. The molecule has 1 aromatic rings. The van der Waals surface area contributed by atoms with Gasteiger partial charge < -0.3 is 5.11 Å². The minimum absolute atomic E-state index is 0.0269. The molecule has 0 saturated heterocycles. The maximum Gasteiger partial charge on any atom is 0.296 e. The number of hydrogen-bond acceptors (Lipinski definition) is 3. The number of rotatable bonds is 4. The van der Waals surface area contributed by atoms with E-state index in [4.69, 9.17) is 10.2 Å². The average Bonchev–Trinajstić information content (AvgIpc) is 2.11. The molecule has 0 aromatic heterocycles. The van der Waals surface area contributed by atoms with Gasteiger partial charge in [0.25, 0.3) is 10.2 Å². The topological polar surface area (TPSA) is 92.4 Å². The number of anilines is 1. The summed E-state index contributed by atoms with van der Waals surface area (Å²) in [6.07, 6.45) is 0.493. The SMILES string of the molecule is Cc1cc(NS(N)(=O)=O)cc(CCO)c1C. The van der Waals surface area contributed by atoms with Gasteiger partial charge in [0, 0.05) is 6.61 Å². The molecule has 0 unspecified atom stereocenters. The van der Waals surface area contributed by atoms with Crippen molar-refractivity contribution in [1.82, 2.24) is 0 Å². The summed E-state index contributed by atoms with van der Waals surface area (Å²) in [5.74, 6) is 0. The van der Waals surface area contributed by atoms with Crippen LogP contribution in [0.1, 0.15) is 16.7 Å². The zero-order valence-electron chi connectivity index (χ0n) is 9.32. The number of aliphatic hydroxyl groups is 1. The Morgan fingerprint density at radius 1 is 1.38 bits per heavy atom. The van der Waals surface area contributed by atoms with Crippen LogP contribution in [0.4, 0.5) is 5.69 Å². The molecule has 1 aromatic carbocycles. The van der Waals surface area contributed by atoms with E-state index in [0.29, 0.717) is 12.1 Å². The fourth-order valence-electron chi connectivity index (χ4n) is 1.54. The van der Waals surface area contributed by atoms with Gasteiger partial charge in [0.2, 0.25) is 0 Å². The van der Waals surface area contributed by atoms with Crippen LogP contribution in [0.25, 0.3) is 0 Å². The number of nitrogens with two attached hydrogens (primary N) is 1. The van der Waals surface area contributed by atoms with E-state index in [-0.39, 0.29) is 6.61 Å². The van der Waals surface area contributed by atoms with Crippen LogP contribution in [0.3, 0.4) is 0 Å². The predicted molar refractivity (Wildman–Crippen MR) is 63.4 cm³/mol. The fourth-order valence-corrected chi connectivity index (χ4v) is 1.98. The summed E-state index contributed by atoms with van der Waals surface area (Å²) in [4.78, 5) is 0. The van der Waals surface area contributed by atoms with Gasteiger partial charge in [0.15, 0.2) is 0 Å². The Hall–Kier alpha value is -1.11. The number of aryl methyl sites for hydroxylation is 1. The number of nitrogens with one attached hydrogen (secondary N) is 1. The molecule has 0 aliphatic heterocycles. The lowest BCUT2D eigenvalue weighted by Crippen LogP contribution is -2.22. The molecule has 16 heavy (non-hydrogen) atoms. The van der Waals surface area contributed by atoms with Gasteiger partial charge >= 0.3 is 0 Å². The second kappa shape index (κ2) is 4.82. The molecule has 1 rings (SSSR count). The van der Waals surface area contributed by atoms with Crippen molar-refractivity contribution in [2.75, 3.05) is 11.3 Å². The lowest BCUT2D eigenvalue weighted by atomic mass is 10.0. The molecule has 0 fully saturated rings. The molecule has 0 spiro atoms. The van der Waals surface area contributed by atoms with E-state index >= 15 is 0 Å². The summed E-state index contributed by atoms with van der Waals surface area (Å²) in [6.45, 7) is 3.84. The monoisotopic (exact) mass is 244 g/mol. The first-order valence-electron chi connectivity index (χ1n) is 4.85.